The first-order valence-electron chi connectivity index (χ1n) is 8.19. The van der Waals surface area contributed by atoms with Gasteiger partial charge in [-0.05, 0) is 11.6 Å². The maximum absolute atomic E-state index is 12.9. The average molecular weight is 342 g/mol. The van der Waals surface area contributed by atoms with Gasteiger partial charge in [0.2, 0.25) is 0 Å². The van der Waals surface area contributed by atoms with E-state index in [9.17, 15) is 14.4 Å². The molecule has 0 spiro atoms. The Bertz CT molecular complexity index is 1040. The highest BCUT2D eigenvalue weighted by Crippen LogP contribution is 2.29. The van der Waals surface area contributed by atoms with E-state index in [1.165, 1.54) is 6.07 Å². The van der Waals surface area contributed by atoms with E-state index < -0.39 is 5.97 Å². The number of hydrogen-bond donors (Lipinski definition) is 0. The monoisotopic (exact) mass is 342 g/mol. The molecule has 3 aromatic carbocycles. The van der Waals surface area contributed by atoms with E-state index in [0.717, 1.165) is 5.56 Å². The van der Waals surface area contributed by atoms with Gasteiger partial charge in [0, 0.05) is 22.3 Å². The van der Waals surface area contributed by atoms with Crippen molar-refractivity contribution in [2.24, 2.45) is 0 Å². The van der Waals surface area contributed by atoms with Crippen molar-refractivity contribution in [2.45, 2.75) is 6.61 Å². The van der Waals surface area contributed by atoms with Gasteiger partial charge in [-0.1, -0.05) is 66.7 Å². The highest BCUT2D eigenvalue weighted by Gasteiger charge is 2.33. The molecule has 4 heteroatoms. The number of esters is 1. The van der Waals surface area contributed by atoms with Crippen LogP contribution in [0.5, 0.6) is 0 Å². The minimum absolute atomic E-state index is 0.0993. The van der Waals surface area contributed by atoms with Crippen LogP contribution in [0.25, 0.3) is 0 Å². The van der Waals surface area contributed by atoms with Crippen LogP contribution in [-0.4, -0.2) is 17.5 Å². The van der Waals surface area contributed by atoms with Crippen LogP contribution in [0.2, 0.25) is 0 Å². The summed E-state index contributed by atoms with van der Waals surface area (Å²) in [7, 11) is 0. The average Bonchev–Trinajstić information content (AvgIpc) is 2.70. The van der Waals surface area contributed by atoms with Crippen molar-refractivity contribution in [2.75, 3.05) is 0 Å². The van der Waals surface area contributed by atoms with Crippen molar-refractivity contribution >= 4 is 17.5 Å². The van der Waals surface area contributed by atoms with Crippen LogP contribution < -0.4 is 0 Å². The van der Waals surface area contributed by atoms with Crippen molar-refractivity contribution in [3.05, 3.63) is 106 Å². The van der Waals surface area contributed by atoms with Crippen LogP contribution in [0, 0.1) is 0 Å². The normalized spacial score (nSPS) is 12.3. The number of ketones is 2. The molecule has 26 heavy (non-hydrogen) atoms. The van der Waals surface area contributed by atoms with Gasteiger partial charge in [0.05, 0.1) is 5.56 Å². The predicted molar refractivity (Wildman–Crippen MR) is 95.3 cm³/mol. The number of rotatable bonds is 3. The molecule has 1 aliphatic carbocycles. The molecule has 0 saturated heterocycles. The summed E-state index contributed by atoms with van der Waals surface area (Å²) in [6, 6.07) is 20.6. The SMILES string of the molecule is O=C(OCc1ccccc1)c1cccc2c1C(=O)c1ccccc1C2=O. The van der Waals surface area contributed by atoms with Gasteiger partial charge in [0.15, 0.2) is 11.6 Å². The van der Waals surface area contributed by atoms with Crippen molar-refractivity contribution < 1.29 is 19.1 Å². The molecule has 0 radical (unpaired) electrons. The molecular formula is C22H14O4. The van der Waals surface area contributed by atoms with Crippen LogP contribution in [-0.2, 0) is 11.3 Å². The summed E-state index contributed by atoms with van der Waals surface area (Å²) in [4.78, 5) is 38.2. The third-order valence-corrected chi connectivity index (χ3v) is 4.39. The van der Waals surface area contributed by atoms with Gasteiger partial charge in [0.25, 0.3) is 0 Å². The lowest BCUT2D eigenvalue weighted by Crippen LogP contribution is -2.24. The molecule has 3 aromatic rings. The van der Waals surface area contributed by atoms with Crippen LogP contribution in [0.4, 0.5) is 0 Å². The summed E-state index contributed by atoms with van der Waals surface area (Å²) in [6.07, 6.45) is 0. The van der Waals surface area contributed by atoms with E-state index in [4.69, 9.17) is 4.74 Å². The predicted octanol–water partition coefficient (Wildman–Crippen LogP) is 3.82. The molecule has 0 amide bonds. The van der Waals surface area contributed by atoms with Crippen LogP contribution in [0.3, 0.4) is 0 Å². The zero-order chi connectivity index (χ0) is 18.1. The number of carbonyl (C=O) groups is 3. The van der Waals surface area contributed by atoms with Gasteiger partial charge >= 0.3 is 5.97 Å². The van der Waals surface area contributed by atoms with E-state index in [1.54, 1.807) is 36.4 Å². The standard InChI is InChI=1S/C22H14O4/c23-20-15-9-4-5-10-16(15)21(24)19-17(20)11-6-12-18(19)22(25)26-13-14-7-2-1-3-8-14/h1-12H,13H2. The molecular weight excluding hydrogens is 328 g/mol. The molecule has 0 aliphatic heterocycles. The van der Waals surface area contributed by atoms with Gasteiger partial charge in [-0.15, -0.1) is 0 Å². The van der Waals surface area contributed by atoms with E-state index in [1.807, 2.05) is 30.3 Å². The van der Waals surface area contributed by atoms with E-state index in [0.29, 0.717) is 11.1 Å². The summed E-state index contributed by atoms with van der Waals surface area (Å²) in [5, 5.41) is 0. The van der Waals surface area contributed by atoms with E-state index in [-0.39, 0.29) is 34.9 Å². The second kappa shape index (κ2) is 6.41. The Labute approximate surface area is 150 Å². The van der Waals surface area contributed by atoms with Crippen LogP contribution >= 0.6 is 0 Å². The molecule has 0 fully saturated rings. The molecule has 1 aliphatic rings. The third-order valence-electron chi connectivity index (χ3n) is 4.39. The number of fused-ring (bicyclic) bond motifs is 2. The fourth-order valence-electron chi connectivity index (χ4n) is 3.12. The summed E-state index contributed by atoms with van der Waals surface area (Å²) in [6.45, 7) is 0.0993. The summed E-state index contributed by atoms with van der Waals surface area (Å²) < 4.78 is 5.35. The van der Waals surface area contributed by atoms with E-state index in [2.05, 4.69) is 0 Å². The van der Waals surface area contributed by atoms with E-state index >= 15 is 0 Å². The summed E-state index contributed by atoms with van der Waals surface area (Å²) >= 11 is 0. The molecule has 0 saturated carbocycles. The Hall–Kier alpha value is -3.53. The summed E-state index contributed by atoms with van der Waals surface area (Å²) in [5.74, 6) is -1.21. The summed E-state index contributed by atoms with van der Waals surface area (Å²) in [5.41, 5.74) is 2.00. The minimum atomic E-state index is -0.619. The fraction of sp³-hybridized carbons (Fsp3) is 0.0455. The quantitative estimate of drug-likeness (QED) is 0.531. The van der Waals surface area contributed by atoms with Gasteiger partial charge in [-0.2, -0.15) is 0 Å². The Morgan fingerprint density at radius 2 is 1.31 bits per heavy atom. The minimum Gasteiger partial charge on any atom is -0.457 e. The van der Waals surface area contributed by atoms with Gasteiger partial charge in [0.1, 0.15) is 6.61 Å². The highest BCUT2D eigenvalue weighted by atomic mass is 16.5. The Morgan fingerprint density at radius 1 is 0.692 bits per heavy atom. The number of benzene rings is 3. The first kappa shape index (κ1) is 16.0. The maximum Gasteiger partial charge on any atom is 0.339 e. The van der Waals surface area contributed by atoms with Crippen molar-refractivity contribution in [3.63, 3.8) is 0 Å². The molecule has 0 N–H and O–H groups in total. The van der Waals surface area contributed by atoms with Crippen molar-refractivity contribution in [1.82, 2.24) is 0 Å². The molecule has 4 nitrogen and oxygen atoms in total. The van der Waals surface area contributed by atoms with Crippen LogP contribution in [0.1, 0.15) is 47.8 Å². The number of ether oxygens (including phenoxy) is 1. The lowest BCUT2D eigenvalue weighted by Gasteiger charge is -2.19. The zero-order valence-corrected chi connectivity index (χ0v) is 13.8. The third kappa shape index (κ3) is 2.62. The Kier molecular flexibility index (Phi) is 3.93. The molecule has 126 valence electrons. The lowest BCUT2D eigenvalue weighted by atomic mass is 9.82. The number of carbonyl (C=O) groups excluding carboxylic acids is 3. The first-order chi connectivity index (χ1) is 12.7. The zero-order valence-electron chi connectivity index (χ0n) is 13.8. The van der Waals surface area contributed by atoms with Gasteiger partial charge in [-0.25, -0.2) is 4.79 Å². The highest BCUT2D eigenvalue weighted by molar-refractivity contribution is 6.30. The van der Waals surface area contributed by atoms with Gasteiger partial charge < -0.3 is 4.74 Å². The molecule has 0 aromatic heterocycles. The molecule has 0 unspecified atom stereocenters. The maximum atomic E-state index is 12.9. The van der Waals surface area contributed by atoms with Gasteiger partial charge in [-0.3, -0.25) is 9.59 Å². The Balaban J connectivity index is 1.70. The second-order valence-electron chi connectivity index (χ2n) is 5.99. The molecule has 4 rings (SSSR count). The smallest absolute Gasteiger partial charge is 0.339 e. The number of hydrogen-bond acceptors (Lipinski definition) is 4. The van der Waals surface area contributed by atoms with Crippen LogP contribution in [0.15, 0.2) is 72.8 Å². The topological polar surface area (TPSA) is 60.4 Å². The Morgan fingerprint density at radius 3 is 2.04 bits per heavy atom. The molecule has 0 atom stereocenters. The lowest BCUT2D eigenvalue weighted by molar-refractivity contribution is 0.0470. The molecule has 0 heterocycles. The largest absolute Gasteiger partial charge is 0.457 e. The van der Waals surface area contributed by atoms with Crippen molar-refractivity contribution in [1.29, 1.82) is 0 Å². The van der Waals surface area contributed by atoms with Crippen molar-refractivity contribution in [3.8, 4) is 0 Å². The first-order valence-corrected chi connectivity index (χ1v) is 8.19. The molecule has 0 bridgehead atoms. The second-order valence-corrected chi connectivity index (χ2v) is 5.99. The fourth-order valence-corrected chi connectivity index (χ4v) is 3.12.